The molecule has 35 heavy (non-hydrogen) atoms. The Labute approximate surface area is 210 Å². The zero-order valence-corrected chi connectivity index (χ0v) is 20.7. The quantitative estimate of drug-likeness (QED) is 0.354. The van der Waals surface area contributed by atoms with Gasteiger partial charge in [0.1, 0.15) is 6.61 Å². The molecular weight excluding hydrogens is 486 g/mol. The number of hydrogen-bond acceptors (Lipinski definition) is 7. The van der Waals surface area contributed by atoms with Crippen LogP contribution in [0.25, 0.3) is 27.5 Å². The van der Waals surface area contributed by atoms with Crippen LogP contribution in [0.4, 0.5) is 5.13 Å². The molecule has 10 heteroatoms. The normalized spacial score (nSPS) is 12.2. The second kappa shape index (κ2) is 9.69. The molecule has 0 saturated carbocycles. The van der Waals surface area contributed by atoms with Crippen LogP contribution in [0.3, 0.4) is 0 Å². The minimum Gasteiger partial charge on any atom is -0.374 e. The number of thiazole rings is 1. The van der Waals surface area contributed by atoms with Crippen molar-refractivity contribution in [3.8, 4) is 27.5 Å². The number of aromatic nitrogens is 4. The summed E-state index contributed by atoms with van der Waals surface area (Å²) in [7, 11) is 0. The predicted octanol–water partition coefficient (Wildman–Crippen LogP) is 4.99. The molecule has 0 aliphatic heterocycles. The molecule has 0 unspecified atom stereocenters. The number of carbonyl (C=O) groups is 2. The number of halogens is 1. The van der Waals surface area contributed by atoms with Gasteiger partial charge in [-0.2, -0.15) is 5.10 Å². The van der Waals surface area contributed by atoms with Crippen LogP contribution in [0.1, 0.15) is 35.5 Å². The number of fused-ring (bicyclic) bond motifs is 3. The molecule has 178 valence electrons. The first-order valence-electron chi connectivity index (χ1n) is 11.2. The average molecular weight is 508 g/mol. The van der Waals surface area contributed by atoms with E-state index in [1.165, 1.54) is 18.3 Å². The van der Waals surface area contributed by atoms with E-state index >= 15 is 0 Å². The van der Waals surface area contributed by atoms with Crippen molar-refractivity contribution in [3.63, 3.8) is 0 Å². The first-order chi connectivity index (χ1) is 17.0. The third-order valence-electron chi connectivity index (χ3n) is 5.66. The van der Waals surface area contributed by atoms with E-state index < -0.39 is 0 Å². The SMILES string of the molecule is CCOCC(=O)c1ccc(-n2nc(-c3cccnc3)c3c2-c2sc(NC(C)=O)nc2CC3)c(Cl)c1. The van der Waals surface area contributed by atoms with E-state index in [1.54, 1.807) is 30.6 Å². The Morgan fingerprint density at radius 3 is 2.83 bits per heavy atom. The average Bonchev–Trinajstić information content (AvgIpc) is 3.43. The van der Waals surface area contributed by atoms with Gasteiger partial charge in [-0.05, 0) is 50.1 Å². The molecule has 1 amide bonds. The zero-order valence-electron chi connectivity index (χ0n) is 19.2. The number of hydrogen-bond donors (Lipinski definition) is 1. The second-order valence-electron chi connectivity index (χ2n) is 8.03. The number of pyridine rings is 1. The fourth-order valence-electron chi connectivity index (χ4n) is 4.11. The summed E-state index contributed by atoms with van der Waals surface area (Å²) in [4.78, 5) is 33.9. The van der Waals surface area contributed by atoms with Gasteiger partial charge in [-0.1, -0.05) is 22.9 Å². The van der Waals surface area contributed by atoms with Crippen molar-refractivity contribution in [1.82, 2.24) is 19.7 Å². The lowest BCUT2D eigenvalue weighted by Gasteiger charge is -2.15. The number of aryl methyl sites for hydroxylation is 1. The van der Waals surface area contributed by atoms with Gasteiger partial charge in [0.25, 0.3) is 0 Å². The lowest BCUT2D eigenvalue weighted by molar-refractivity contribution is -0.114. The van der Waals surface area contributed by atoms with Gasteiger partial charge < -0.3 is 10.1 Å². The number of carbonyl (C=O) groups excluding carboxylic acids is 2. The Balaban J connectivity index is 1.66. The molecule has 0 radical (unpaired) electrons. The van der Waals surface area contributed by atoms with Crippen LogP contribution in [0, 0.1) is 0 Å². The van der Waals surface area contributed by atoms with Gasteiger partial charge in [-0.25, -0.2) is 9.67 Å². The summed E-state index contributed by atoms with van der Waals surface area (Å²) >= 11 is 8.12. The number of ether oxygens (including phenoxy) is 1. The van der Waals surface area contributed by atoms with Gasteiger partial charge in [0.15, 0.2) is 10.9 Å². The van der Waals surface area contributed by atoms with Gasteiger partial charge in [-0.15, -0.1) is 0 Å². The molecule has 0 fully saturated rings. The summed E-state index contributed by atoms with van der Waals surface area (Å²) in [6.07, 6.45) is 4.98. The molecule has 1 N–H and O–H groups in total. The lowest BCUT2D eigenvalue weighted by atomic mass is 9.95. The molecule has 0 bridgehead atoms. The van der Waals surface area contributed by atoms with Crippen molar-refractivity contribution in [2.45, 2.75) is 26.7 Å². The second-order valence-corrected chi connectivity index (χ2v) is 9.44. The number of nitrogens with one attached hydrogen (secondary N) is 1. The molecule has 0 saturated heterocycles. The number of nitrogens with zero attached hydrogens (tertiary/aromatic N) is 4. The highest BCUT2D eigenvalue weighted by Crippen LogP contribution is 2.44. The number of rotatable bonds is 7. The molecule has 8 nitrogen and oxygen atoms in total. The van der Waals surface area contributed by atoms with Crippen LogP contribution >= 0.6 is 22.9 Å². The smallest absolute Gasteiger partial charge is 0.223 e. The molecule has 3 aromatic heterocycles. The predicted molar refractivity (Wildman–Crippen MR) is 135 cm³/mol. The summed E-state index contributed by atoms with van der Waals surface area (Å²) in [6, 6.07) is 9.03. The van der Waals surface area contributed by atoms with Gasteiger partial charge in [0.2, 0.25) is 5.91 Å². The van der Waals surface area contributed by atoms with Crippen molar-refractivity contribution in [1.29, 1.82) is 0 Å². The van der Waals surface area contributed by atoms with Crippen LogP contribution in [-0.4, -0.2) is 44.7 Å². The lowest BCUT2D eigenvalue weighted by Crippen LogP contribution is -2.10. The minimum atomic E-state index is -0.170. The van der Waals surface area contributed by atoms with E-state index in [0.29, 0.717) is 28.0 Å². The molecule has 5 rings (SSSR count). The van der Waals surface area contributed by atoms with E-state index in [0.717, 1.165) is 45.9 Å². The Hall–Kier alpha value is -3.40. The molecule has 0 spiro atoms. The monoisotopic (exact) mass is 507 g/mol. The molecule has 0 atom stereocenters. The van der Waals surface area contributed by atoms with E-state index in [-0.39, 0.29) is 18.3 Å². The summed E-state index contributed by atoms with van der Waals surface area (Å²) in [6.45, 7) is 3.77. The van der Waals surface area contributed by atoms with Crippen molar-refractivity contribution in [2.24, 2.45) is 0 Å². The standard InChI is InChI=1S/C25H22ClN5O3S/c1-3-34-13-21(33)15-6-9-20(18(26)11-15)31-23-17(22(30-31)16-5-4-10-27-12-16)7-8-19-24(23)35-25(29-19)28-14(2)32/h4-6,9-12H,3,7-8,13H2,1-2H3,(H,28,29,32). The highest BCUT2D eigenvalue weighted by Gasteiger charge is 2.30. The highest BCUT2D eigenvalue weighted by atomic mass is 35.5. The minimum absolute atomic E-state index is 0.00461. The topological polar surface area (TPSA) is 99.0 Å². The van der Waals surface area contributed by atoms with Crippen LogP contribution < -0.4 is 5.32 Å². The number of benzene rings is 1. The Morgan fingerprint density at radius 2 is 2.11 bits per heavy atom. The molecule has 1 aliphatic rings. The highest BCUT2D eigenvalue weighted by molar-refractivity contribution is 7.19. The summed E-state index contributed by atoms with van der Waals surface area (Å²) in [5.41, 5.74) is 5.70. The van der Waals surface area contributed by atoms with Gasteiger partial charge in [-0.3, -0.25) is 14.6 Å². The van der Waals surface area contributed by atoms with Crippen molar-refractivity contribution in [2.75, 3.05) is 18.5 Å². The van der Waals surface area contributed by atoms with Crippen LogP contribution in [0.2, 0.25) is 5.02 Å². The maximum Gasteiger partial charge on any atom is 0.223 e. The van der Waals surface area contributed by atoms with Gasteiger partial charge >= 0.3 is 0 Å². The zero-order chi connectivity index (χ0) is 24.5. The van der Waals surface area contributed by atoms with Crippen molar-refractivity contribution in [3.05, 3.63) is 64.6 Å². The molecule has 1 aromatic carbocycles. The number of amides is 1. The Bertz CT molecular complexity index is 1430. The number of Topliss-reactive ketones (excluding diaryl/α,β-unsaturated/α-hetero) is 1. The van der Waals surface area contributed by atoms with Crippen LogP contribution in [-0.2, 0) is 22.4 Å². The maximum atomic E-state index is 12.4. The summed E-state index contributed by atoms with van der Waals surface area (Å²) in [5, 5.41) is 8.70. The Kier molecular flexibility index (Phi) is 6.46. The molecule has 1 aliphatic carbocycles. The van der Waals surface area contributed by atoms with E-state index in [4.69, 9.17) is 21.4 Å². The third-order valence-corrected chi connectivity index (χ3v) is 6.98. The van der Waals surface area contributed by atoms with Gasteiger partial charge in [0, 0.05) is 42.6 Å². The summed E-state index contributed by atoms with van der Waals surface area (Å²) in [5.74, 6) is -0.306. The van der Waals surface area contributed by atoms with Crippen LogP contribution in [0.15, 0.2) is 42.7 Å². The van der Waals surface area contributed by atoms with E-state index in [1.807, 2.05) is 23.7 Å². The largest absolute Gasteiger partial charge is 0.374 e. The van der Waals surface area contributed by atoms with Crippen molar-refractivity contribution < 1.29 is 14.3 Å². The summed E-state index contributed by atoms with van der Waals surface area (Å²) < 4.78 is 7.06. The van der Waals surface area contributed by atoms with Gasteiger partial charge in [0.05, 0.1) is 32.7 Å². The molecule has 3 heterocycles. The van der Waals surface area contributed by atoms with E-state index in [9.17, 15) is 9.59 Å². The maximum absolute atomic E-state index is 12.4. The molecule has 4 aromatic rings. The fourth-order valence-corrected chi connectivity index (χ4v) is 5.49. The number of anilines is 1. The fraction of sp³-hybridized carbons (Fsp3) is 0.240. The third kappa shape index (κ3) is 4.50. The van der Waals surface area contributed by atoms with Crippen LogP contribution in [0.5, 0.6) is 0 Å². The number of ketones is 1. The molecular formula is C25H22ClN5O3S. The van der Waals surface area contributed by atoms with Crippen molar-refractivity contribution >= 4 is 39.8 Å². The Morgan fingerprint density at radius 1 is 1.26 bits per heavy atom. The van der Waals surface area contributed by atoms with E-state index in [2.05, 4.69) is 15.3 Å². The first kappa shape index (κ1) is 23.3. The first-order valence-corrected chi connectivity index (χ1v) is 12.4.